The van der Waals surface area contributed by atoms with Gasteiger partial charge in [0.05, 0.1) is 0 Å². The third-order valence-corrected chi connectivity index (χ3v) is 4.07. The minimum atomic E-state index is 1.10. The second kappa shape index (κ2) is 5.29. The largest absolute Gasteiger partial charge is 0.355 e. The highest BCUT2D eigenvalue weighted by molar-refractivity contribution is 9.10. The van der Waals surface area contributed by atoms with Crippen molar-refractivity contribution in [2.45, 2.75) is 13.8 Å². The zero-order valence-electron chi connectivity index (χ0n) is 11.6. The van der Waals surface area contributed by atoms with E-state index in [1.807, 2.05) is 0 Å². The van der Waals surface area contributed by atoms with Crippen molar-refractivity contribution in [2.75, 3.05) is 0 Å². The molecule has 20 heavy (non-hydrogen) atoms. The fraction of sp³-hybridized carbons (Fsp3) is 0.111. The molecule has 0 atom stereocenters. The van der Waals surface area contributed by atoms with Crippen LogP contribution in [0.1, 0.15) is 22.4 Å². The van der Waals surface area contributed by atoms with Crippen molar-refractivity contribution in [2.24, 2.45) is 0 Å². The lowest BCUT2D eigenvalue weighted by atomic mass is 10.1. The number of rotatable bonds is 2. The Labute approximate surface area is 127 Å². The summed E-state index contributed by atoms with van der Waals surface area (Å²) in [5.41, 5.74) is 6.12. The van der Waals surface area contributed by atoms with E-state index >= 15 is 0 Å². The molecule has 1 nitrogen and oxygen atoms in total. The van der Waals surface area contributed by atoms with Gasteiger partial charge < -0.3 is 4.98 Å². The summed E-state index contributed by atoms with van der Waals surface area (Å²) < 4.78 is 1.10. The highest BCUT2D eigenvalue weighted by Gasteiger charge is 2.05. The third-order valence-electron chi connectivity index (χ3n) is 3.58. The Morgan fingerprint density at radius 1 is 0.950 bits per heavy atom. The first kappa shape index (κ1) is 13.2. The molecule has 0 saturated carbocycles. The molecule has 0 amide bonds. The summed E-state index contributed by atoms with van der Waals surface area (Å²) in [6.07, 6.45) is 4.29. The maximum absolute atomic E-state index is 3.51. The molecular weight excluding hydrogens is 310 g/mol. The van der Waals surface area contributed by atoms with Crippen molar-refractivity contribution < 1.29 is 0 Å². The molecule has 1 N–H and O–H groups in total. The number of hydrogen-bond acceptors (Lipinski definition) is 0. The predicted octanol–water partition coefficient (Wildman–Crippen LogP) is 5.72. The number of H-pyrrole nitrogens is 1. The number of halogens is 1. The van der Waals surface area contributed by atoms with Crippen molar-refractivity contribution in [1.29, 1.82) is 0 Å². The molecule has 3 rings (SSSR count). The third kappa shape index (κ3) is 2.56. The van der Waals surface area contributed by atoms with Gasteiger partial charge in [0.1, 0.15) is 0 Å². The average Bonchev–Trinajstić information content (AvgIpc) is 2.74. The molecule has 100 valence electrons. The van der Waals surface area contributed by atoms with Gasteiger partial charge in [-0.2, -0.15) is 0 Å². The quantitative estimate of drug-likeness (QED) is 0.620. The van der Waals surface area contributed by atoms with Gasteiger partial charge in [-0.1, -0.05) is 57.9 Å². The van der Waals surface area contributed by atoms with Crippen LogP contribution in [0, 0.1) is 13.8 Å². The predicted molar refractivity (Wildman–Crippen MR) is 90.8 cm³/mol. The molecule has 1 heterocycles. The minimum absolute atomic E-state index is 1.10. The SMILES string of the molecule is Cc1ccc(/C=C/c2[nH]c3cc(Br)ccc3c2C)cc1. The van der Waals surface area contributed by atoms with Crippen LogP contribution in [0.25, 0.3) is 23.1 Å². The topological polar surface area (TPSA) is 15.8 Å². The molecule has 0 bridgehead atoms. The number of aromatic nitrogens is 1. The lowest BCUT2D eigenvalue weighted by Gasteiger charge is -1.95. The molecular formula is C18H16BrN. The van der Waals surface area contributed by atoms with Crippen molar-refractivity contribution in [3.63, 3.8) is 0 Å². The summed E-state index contributed by atoms with van der Waals surface area (Å²) in [7, 11) is 0. The van der Waals surface area contributed by atoms with Crippen LogP contribution in [-0.2, 0) is 0 Å². The van der Waals surface area contributed by atoms with Crippen LogP contribution in [0.3, 0.4) is 0 Å². The average molecular weight is 326 g/mol. The fourth-order valence-corrected chi connectivity index (χ4v) is 2.72. The van der Waals surface area contributed by atoms with E-state index in [1.54, 1.807) is 0 Å². The van der Waals surface area contributed by atoms with Crippen LogP contribution in [0.5, 0.6) is 0 Å². The van der Waals surface area contributed by atoms with Gasteiger partial charge in [-0.15, -0.1) is 0 Å². The smallest absolute Gasteiger partial charge is 0.0472 e. The molecule has 0 radical (unpaired) electrons. The van der Waals surface area contributed by atoms with E-state index in [1.165, 1.54) is 33.3 Å². The molecule has 0 aliphatic heterocycles. The van der Waals surface area contributed by atoms with Crippen LogP contribution in [-0.4, -0.2) is 4.98 Å². The Kier molecular flexibility index (Phi) is 3.49. The summed E-state index contributed by atoms with van der Waals surface area (Å²) in [6.45, 7) is 4.26. The van der Waals surface area contributed by atoms with Gasteiger partial charge in [-0.05, 0) is 43.2 Å². The van der Waals surface area contributed by atoms with Crippen LogP contribution in [0.4, 0.5) is 0 Å². The van der Waals surface area contributed by atoms with Gasteiger partial charge in [0.25, 0.3) is 0 Å². The van der Waals surface area contributed by atoms with E-state index in [2.05, 4.69) is 89.4 Å². The van der Waals surface area contributed by atoms with Crippen LogP contribution < -0.4 is 0 Å². The summed E-state index contributed by atoms with van der Waals surface area (Å²) in [5, 5.41) is 1.27. The molecule has 0 aliphatic rings. The Morgan fingerprint density at radius 2 is 1.70 bits per heavy atom. The molecule has 0 spiro atoms. The van der Waals surface area contributed by atoms with E-state index in [0.717, 1.165) is 4.47 Å². The molecule has 2 heteroatoms. The van der Waals surface area contributed by atoms with Gasteiger partial charge in [0.2, 0.25) is 0 Å². The van der Waals surface area contributed by atoms with Crippen LogP contribution >= 0.6 is 15.9 Å². The van der Waals surface area contributed by atoms with Gasteiger partial charge in [0.15, 0.2) is 0 Å². The minimum Gasteiger partial charge on any atom is -0.355 e. The zero-order chi connectivity index (χ0) is 14.1. The second-order valence-corrected chi connectivity index (χ2v) is 6.01. The molecule has 1 aromatic heterocycles. The van der Waals surface area contributed by atoms with E-state index in [0.29, 0.717) is 0 Å². The van der Waals surface area contributed by atoms with E-state index in [9.17, 15) is 0 Å². The Morgan fingerprint density at radius 3 is 2.45 bits per heavy atom. The van der Waals surface area contributed by atoms with Crippen molar-refractivity contribution in [1.82, 2.24) is 4.98 Å². The summed E-state index contributed by atoms with van der Waals surface area (Å²) in [6, 6.07) is 14.9. The number of nitrogens with one attached hydrogen (secondary N) is 1. The molecule has 3 aromatic rings. The Hall–Kier alpha value is -1.80. The van der Waals surface area contributed by atoms with Crippen molar-refractivity contribution in [3.05, 3.63) is 69.3 Å². The summed E-state index contributed by atoms with van der Waals surface area (Å²) in [4.78, 5) is 3.47. The Balaban J connectivity index is 1.98. The first-order chi connectivity index (χ1) is 9.63. The Bertz CT molecular complexity index is 779. The monoisotopic (exact) mass is 325 g/mol. The normalized spacial score (nSPS) is 11.6. The van der Waals surface area contributed by atoms with E-state index in [-0.39, 0.29) is 0 Å². The van der Waals surface area contributed by atoms with Gasteiger partial charge in [0, 0.05) is 21.1 Å². The lowest BCUT2D eigenvalue weighted by Crippen LogP contribution is -1.76. The second-order valence-electron chi connectivity index (χ2n) is 5.10. The zero-order valence-corrected chi connectivity index (χ0v) is 13.2. The molecule has 0 fully saturated rings. The molecule has 0 saturated heterocycles. The van der Waals surface area contributed by atoms with Crippen LogP contribution in [0.15, 0.2) is 46.9 Å². The first-order valence-electron chi connectivity index (χ1n) is 6.66. The van der Waals surface area contributed by atoms with Gasteiger partial charge in [-0.3, -0.25) is 0 Å². The summed E-state index contributed by atoms with van der Waals surface area (Å²) in [5.74, 6) is 0. The highest BCUT2D eigenvalue weighted by atomic mass is 79.9. The van der Waals surface area contributed by atoms with Crippen molar-refractivity contribution in [3.8, 4) is 0 Å². The number of fused-ring (bicyclic) bond motifs is 1. The van der Waals surface area contributed by atoms with Crippen molar-refractivity contribution >= 4 is 39.0 Å². The van der Waals surface area contributed by atoms with Gasteiger partial charge >= 0.3 is 0 Å². The number of aryl methyl sites for hydroxylation is 2. The first-order valence-corrected chi connectivity index (χ1v) is 7.45. The van der Waals surface area contributed by atoms with E-state index < -0.39 is 0 Å². The fourth-order valence-electron chi connectivity index (χ4n) is 2.35. The van der Waals surface area contributed by atoms with Crippen LogP contribution in [0.2, 0.25) is 0 Å². The van der Waals surface area contributed by atoms with E-state index in [4.69, 9.17) is 0 Å². The highest BCUT2D eigenvalue weighted by Crippen LogP contribution is 2.26. The molecule has 0 unspecified atom stereocenters. The number of aromatic amines is 1. The standard InChI is InChI=1S/C18H16BrN/c1-12-3-5-14(6-4-12)7-10-17-13(2)16-9-8-15(19)11-18(16)20-17/h3-11,20H,1-2H3/b10-7+. The maximum Gasteiger partial charge on any atom is 0.0472 e. The number of benzene rings is 2. The van der Waals surface area contributed by atoms with Gasteiger partial charge in [-0.25, -0.2) is 0 Å². The maximum atomic E-state index is 3.51. The summed E-state index contributed by atoms with van der Waals surface area (Å²) >= 11 is 3.51. The molecule has 0 aliphatic carbocycles. The number of hydrogen-bond donors (Lipinski definition) is 1. The lowest BCUT2D eigenvalue weighted by molar-refractivity contribution is 1.38. The molecule has 2 aromatic carbocycles.